The summed E-state index contributed by atoms with van der Waals surface area (Å²) < 4.78 is 5.76. The Morgan fingerprint density at radius 3 is 2.35 bits per heavy atom. The van der Waals surface area contributed by atoms with Gasteiger partial charge in [-0.1, -0.05) is 45.0 Å². The van der Waals surface area contributed by atoms with Crippen LogP contribution in [-0.2, 0) is 5.41 Å². The zero-order chi connectivity index (χ0) is 14.6. The average Bonchev–Trinajstić information content (AvgIpc) is 2.48. The van der Waals surface area contributed by atoms with E-state index in [1.165, 1.54) is 5.56 Å². The standard InChI is InChI=1S/C18H20O2/c1-4-18(2,3)15-8-10-16(11-9-15)20-17-7-5-6-14(12-17)13-19/h5-13H,4H2,1-3H3. The van der Waals surface area contributed by atoms with Gasteiger partial charge in [-0.3, -0.25) is 4.79 Å². The Morgan fingerprint density at radius 1 is 1.05 bits per heavy atom. The van der Waals surface area contributed by atoms with Crippen molar-refractivity contribution in [1.29, 1.82) is 0 Å². The Labute approximate surface area is 120 Å². The second kappa shape index (κ2) is 5.91. The Bertz CT molecular complexity index is 583. The van der Waals surface area contributed by atoms with Crippen LogP contribution < -0.4 is 4.74 Å². The average molecular weight is 268 g/mol. The lowest BCUT2D eigenvalue weighted by Crippen LogP contribution is -2.14. The molecule has 0 saturated heterocycles. The first-order valence-corrected chi connectivity index (χ1v) is 6.89. The third-order valence-electron chi connectivity index (χ3n) is 3.75. The van der Waals surface area contributed by atoms with E-state index in [9.17, 15) is 4.79 Å². The highest BCUT2D eigenvalue weighted by molar-refractivity contribution is 5.75. The molecule has 2 heteroatoms. The van der Waals surface area contributed by atoms with Crippen molar-refractivity contribution in [2.45, 2.75) is 32.6 Å². The first-order chi connectivity index (χ1) is 9.55. The van der Waals surface area contributed by atoms with Crippen molar-refractivity contribution in [3.63, 3.8) is 0 Å². The van der Waals surface area contributed by atoms with Crippen LogP contribution in [-0.4, -0.2) is 6.29 Å². The van der Waals surface area contributed by atoms with Gasteiger partial charge in [-0.25, -0.2) is 0 Å². The fourth-order valence-electron chi connectivity index (χ4n) is 1.97. The lowest BCUT2D eigenvalue weighted by atomic mass is 9.82. The van der Waals surface area contributed by atoms with Gasteiger partial charge in [0.2, 0.25) is 0 Å². The maximum Gasteiger partial charge on any atom is 0.150 e. The molecule has 2 nitrogen and oxygen atoms in total. The van der Waals surface area contributed by atoms with Crippen molar-refractivity contribution >= 4 is 6.29 Å². The van der Waals surface area contributed by atoms with Gasteiger partial charge in [-0.05, 0) is 41.7 Å². The van der Waals surface area contributed by atoms with Gasteiger partial charge < -0.3 is 4.74 Å². The predicted octanol–water partition coefficient (Wildman–Crippen LogP) is 4.98. The minimum absolute atomic E-state index is 0.177. The molecule has 0 atom stereocenters. The van der Waals surface area contributed by atoms with Crippen molar-refractivity contribution in [1.82, 2.24) is 0 Å². The molecule has 0 spiro atoms. The Balaban J connectivity index is 2.16. The monoisotopic (exact) mass is 268 g/mol. The van der Waals surface area contributed by atoms with Crippen LogP contribution in [0.4, 0.5) is 0 Å². The van der Waals surface area contributed by atoms with Crippen LogP contribution in [0.2, 0.25) is 0 Å². The number of benzene rings is 2. The zero-order valence-corrected chi connectivity index (χ0v) is 12.2. The highest BCUT2D eigenvalue weighted by Crippen LogP contribution is 2.29. The first-order valence-electron chi connectivity index (χ1n) is 6.89. The van der Waals surface area contributed by atoms with E-state index in [1.807, 2.05) is 24.3 Å². The van der Waals surface area contributed by atoms with Gasteiger partial charge in [-0.15, -0.1) is 0 Å². The van der Waals surface area contributed by atoms with Crippen LogP contribution in [0.1, 0.15) is 43.1 Å². The van der Waals surface area contributed by atoms with Gasteiger partial charge in [0.25, 0.3) is 0 Å². The number of hydrogen-bond acceptors (Lipinski definition) is 2. The van der Waals surface area contributed by atoms with E-state index in [-0.39, 0.29) is 5.41 Å². The van der Waals surface area contributed by atoms with Gasteiger partial charge in [0.05, 0.1) is 0 Å². The molecule has 0 aliphatic heterocycles. The van der Waals surface area contributed by atoms with Crippen LogP contribution in [0.15, 0.2) is 48.5 Å². The largest absolute Gasteiger partial charge is 0.457 e. The summed E-state index contributed by atoms with van der Waals surface area (Å²) in [5.41, 5.74) is 2.09. The van der Waals surface area contributed by atoms with Gasteiger partial charge in [0, 0.05) is 5.56 Å². The summed E-state index contributed by atoms with van der Waals surface area (Å²) in [6.07, 6.45) is 1.91. The summed E-state index contributed by atoms with van der Waals surface area (Å²) in [4.78, 5) is 10.7. The quantitative estimate of drug-likeness (QED) is 0.715. The summed E-state index contributed by atoms with van der Waals surface area (Å²) in [7, 11) is 0. The maximum absolute atomic E-state index is 10.7. The molecule has 20 heavy (non-hydrogen) atoms. The summed E-state index contributed by atoms with van der Waals surface area (Å²) in [6, 6.07) is 15.3. The third kappa shape index (κ3) is 3.27. The Hall–Kier alpha value is -2.09. The molecule has 0 fully saturated rings. The van der Waals surface area contributed by atoms with E-state index in [4.69, 9.17) is 4.74 Å². The molecule has 0 aliphatic rings. The molecule has 104 valence electrons. The van der Waals surface area contributed by atoms with Crippen molar-refractivity contribution in [2.24, 2.45) is 0 Å². The number of hydrogen-bond donors (Lipinski definition) is 0. The van der Waals surface area contributed by atoms with E-state index in [2.05, 4.69) is 32.9 Å². The number of rotatable bonds is 5. The number of ether oxygens (including phenoxy) is 1. The van der Waals surface area contributed by atoms with E-state index in [0.29, 0.717) is 11.3 Å². The number of carbonyl (C=O) groups is 1. The Morgan fingerprint density at radius 2 is 1.75 bits per heavy atom. The van der Waals surface area contributed by atoms with E-state index >= 15 is 0 Å². The van der Waals surface area contributed by atoms with E-state index in [1.54, 1.807) is 12.1 Å². The fraction of sp³-hybridized carbons (Fsp3) is 0.278. The maximum atomic E-state index is 10.7. The molecule has 0 saturated carbocycles. The predicted molar refractivity (Wildman–Crippen MR) is 81.7 cm³/mol. The van der Waals surface area contributed by atoms with E-state index < -0.39 is 0 Å². The van der Waals surface area contributed by atoms with Crippen LogP contribution in [0.3, 0.4) is 0 Å². The molecule has 2 aromatic carbocycles. The van der Waals surface area contributed by atoms with Gasteiger partial charge >= 0.3 is 0 Å². The molecule has 0 aromatic heterocycles. The smallest absolute Gasteiger partial charge is 0.150 e. The molecule has 0 heterocycles. The molecular formula is C18H20O2. The molecule has 0 radical (unpaired) electrons. The minimum atomic E-state index is 0.177. The topological polar surface area (TPSA) is 26.3 Å². The fourth-order valence-corrected chi connectivity index (χ4v) is 1.97. The van der Waals surface area contributed by atoms with Crippen molar-refractivity contribution in [3.8, 4) is 11.5 Å². The SMILES string of the molecule is CCC(C)(C)c1ccc(Oc2cccc(C=O)c2)cc1. The lowest BCUT2D eigenvalue weighted by Gasteiger charge is -2.23. The van der Waals surface area contributed by atoms with Crippen LogP contribution >= 0.6 is 0 Å². The third-order valence-corrected chi connectivity index (χ3v) is 3.75. The van der Waals surface area contributed by atoms with Crippen molar-refractivity contribution in [3.05, 3.63) is 59.7 Å². The summed E-state index contributed by atoms with van der Waals surface area (Å²) in [6.45, 7) is 6.65. The molecule has 2 rings (SSSR count). The van der Waals surface area contributed by atoms with Gasteiger partial charge in [0.15, 0.2) is 0 Å². The molecule has 2 aromatic rings. The highest BCUT2D eigenvalue weighted by atomic mass is 16.5. The highest BCUT2D eigenvalue weighted by Gasteiger charge is 2.17. The number of aldehydes is 1. The molecule has 0 unspecified atom stereocenters. The minimum Gasteiger partial charge on any atom is -0.457 e. The van der Waals surface area contributed by atoms with Crippen LogP contribution in [0.25, 0.3) is 0 Å². The lowest BCUT2D eigenvalue weighted by molar-refractivity contribution is 0.112. The molecule has 0 amide bonds. The first kappa shape index (κ1) is 14.3. The van der Waals surface area contributed by atoms with Crippen LogP contribution in [0.5, 0.6) is 11.5 Å². The molecule has 0 bridgehead atoms. The summed E-state index contributed by atoms with van der Waals surface area (Å²) >= 11 is 0. The normalized spacial score (nSPS) is 11.2. The number of carbonyl (C=O) groups excluding carboxylic acids is 1. The Kier molecular flexibility index (Phi) is 4.23. The van der Waals surface area contributed by atoms with Crippen LogP contribution in [0, 0.1) is 0 Å². The summed E-state index contributed by atoms with van der Waals surface area (Å²) in [5, 5.41) is 0. The second-order valence-electron chi connectivity index (χ2n) is 5.55. The second-order valence-corrected chi connectivity index (χ2v) is 5.55. The zero-order valence-electron chi connectivity index (χ0n) is 12.2. The van der Waals surface area contributed by atoms with E-state index in [0.717, 1.165) is 18.5 Å². The van der Waals surface area contributed by atoms with Gasteiger partial charge in [-0.2, -0.15) is 0 Å². The molecule has 0 aliphatic carbocycles. The summed E-state index contributed by atoms with van der Waals surface area (Å²) in [5.74, 6) is 1.46. The van der Waals surface area contributed by atoms with Crippen molar-refractivity contribution < 1.29 is 9.53 Å². The van der Waals surface area contributed by atoms with Gasteiger partial charge in [0.1, 0.15) is 17.8 Å². The molecule has 0 N–H and O–H groups in total. The van der Waals surface area contributed by atoms with Crippen molar-refractivity contribution in [2.75, 3.05) is 0 Å². The molecular weight excluding hydrogens is 248 g/mol.